The molecule has 0 unspecified atom stereocenters. The lowest BCUT2D eigenvalue weighted by Crippen LogP contribution is -2.36. The Morgan fingerprint density at radius 3 is 2.50 bits per heavy atom. The third-order valence-electron chi connectivity index (χ3n) is 6.83. The van der Waals surface area contributed by atoms with E-state index in [1.165, 1.54) is 25.7 Å². The standard InChI is InChI=1S/C20H31N5O/c1-14-15(2)22-17(23-18(14)25-11-5-16(21)13-25)19(26)24-10-4-8-20(9-12-24)6-3-7-20/h16H,3-13,21H2,1-2H3/t16-/m1/s1. The largest absolute Gasteiger partial charge is 0.355 e. The van der Waals surface area contributed by atoms with Crippen LogP contribution in [0, 0.1) is 19.3 Å². The zero-order chi connectivity index (χ0) is 18.3. The molecule has 2 aliphatic heterocycles. The number of aromatic nitrogens is 2. The van der Waals surface area contributed by atoms with E-state index < -0.39 is 0 Å². The minimum Gasteiger partial charge on any atom is -0.355 e. The molecule has 6 heteroatoms. The molecule has 6 nitrogen and oxygen atoms in total. The number of rotatable bonds is 2. The van der Waals surface area contributed by atoms with E-state index in [-0.39, 0.29) is 11.9 Å². The fraction of sp³-hybridized carbons (Fsp3) is 0.750. The first-order valence-electron chi connectivity index (χ1n) is 10.1. The van der Waals surface area contributed by atoms with Crippen molar-refractivity contribution >= 4 is 11.7 Å². The van der Waals surface area contributed by atoms with Crippen LogP contribution in [0.4, 0.5) is 5.82 Å². The van der Waals surface area contributed by atoms with Crippen molar-refractivity contribution in [3.05, 3.63) is 17.1 Å². The summed E-state index contributed by atoms with van der Waals surface area (Å²) in [5.74, 6) is 1.24. The molecule has 142 valence electrons. The van der Waals surface area contributed by atoms with Gasteiger partial charge >= 0.3 is 0 Å². The number of amides is 1. The first kappa shape index (κ1) is 17.7. The molecule has 2 saturated heterocycles. The van der Waals surface area contributed by atoms with E-state index in [2.05, 4.69) is 9.88 Å². The predicted molar refractivity (Wildman–Crippen MR) is 102 cm³/mol. The van der Waals surface area contributed by atoms with Gasteiger partial charge < -0.3 is 15.5 Å². The van der Waals surface area contributed by atoms with Gasteiger partial charge in [-0.3, -0.25) is 4.79 Å². The minimum atomic E-state index is -0.00535. The zero-order valence-electron chi connectivity index (χ0n) is 16.1. The highest BCUT2D eigenvalue weighted by atomic mass is 16.2. The van der Waals surface area contributed by atoms with Gasteiger partial charge in [-0.2, -0.15) is 0 Å². The van der Waals surface area contributed by atoms with Crippen LogP contribution in [0.5, 0.6) is 0 Å². The Hall–Kier alpha value is -1.69. The lowest BCUT2D eigenvalue weighted by molar-refractivity contribution is 0.0718. The molecule has 2 N–H and O–H groups in total. The lowest BCUT2D eigenvalue weighted by atomic mass is 9.64. The van der Waals surface area contributed by atoms with E-state index >= 15 is 0 Å². The zero-order valence-corrected chi connectivity index (χ0v) is 16.1. The molecule has 0 aromatic carbocycles. The Morgan fingerprint density at radius 1 is 1.08 bits per heavy atom. The van der Waals surface area contributed by atoms with Gasteiger partial charge in [-0.05, 0) is 57.8 Å². The Kier molecular flexibility index (Phi) is 4.63. The van der Waals surface area contributed by atoms with Crippen molar-refractivity contribution in [1.29, 1.82) is 0 Å². The van der Waals surface area contributed by atoms with E-state index in [0.717, 1.165) is 62.5 Å². The molecular formula is C20H31N5O. The summed E-state index contributed by atoms with van der Waals surface area (Å²) in [7, 11) is 0. The van der Waals surface area contributed by atoms with Crippen molar-refractivity contribution in [2.75, 3.05) is 31.1 Å². The number of hydrogen-bond donors (Lipinski definition) is 1. The van der Waals surface area contributed by atoms with Crippen molar-refractivity contribution in [1.82, 2.24) is 14.9 Å². The molecule has 1 spiro atoms. The highest BCUT2D eigenvalue weighted by molar-refractivity contribution is 5.91. The molecule has 1 aliphatic carbocycles. The van der Waals surface area contributed by atoms with Crippen LogP contribution in [-0.4, -0.2) is 53.0 Å². The predicted octanol–water partition coefficient (Wildman–Crippen LogP) is 2.43. The number of aryl methyl sites for hydroxylation is 1. The molecule has 0 radical (unpaired) electrons. The Labute approximate surface area is 156 Å². The van der Waals surface area contributed by atoms with E-state index in [9.17, 15) is 4.79 Å². The number of nitrogens with zero attached hydrogens (tertiary/aromatic N) is 4. The van der Waals surface area contributed by atoms with Gasteiger partial charge in [0.25, 0.3) is 5.91 Å². The number of nitrogens with two attached hydrogens (primary N) is 1. The lowest BCUT2D eigenvalue weighted by Gasteiger charge is -2.41. The summed E-state index contributed by atoms with van der Waals surface area (Å²) in [5.41, 5.74) is 8.54. The minimum absolute atomic E-state index is 0.00535. The highest BCUT2D eigenvalue weighted by Crippen LogP contribution is 2.48. The fourth-order valence-corrected chi connectivity index (χ4v) is 4.77. The Morgan fingerprint density at radius 2 is 1.85 bits per heavy atom. The maximum absolute atomic E-state index is 13.1. The fourth-order valence-electron chi connectivity index (χ4n) is 4.77. The van der Waals surface area contributed by atoms with Crippen LogP contribution >= 0.6 is 0 Å². The summed E-state index contributed by atoms with van der Waals surface area (Å²) < 4.78 is 0. The Bertz CT molecular complexity index is 700. The molecule has 26 heavy (non-hydrogen) atoms. The molecule has 1 atom stereocenters. The maximum atomic E-state index is 13.1. The van der Waals surface area contributed by atoms with Gasteiger partial charge in [-0.25, -0.2) is 9.97 Å². The number of hydrogen-bond acceptors (Lipinski definition) is 5. The number of likely N-dealkylation sites (tertiary alicyclic amines) is 1. The quantitative estimate of drug-likeness (QED) is 0.880. The average Bonchev–Trinajstić information content (AvgIpc) is 2.89. The smallest absolute Gasteiger partial charge is 0.291 e. The van der Waals surface area contributed by atoms with Gasteiger partial charge in [-0.1, -0.05) is 6.42 Å². The van der Waals surface area contributed by atoms with Gasteiger partial charge in [0, 0.05) is 43.5 Å². The molecule has 0 bridgehead atoms. The van der Waals surface area contributed by atoms with E-state index in [1.54, 1.807) is 0 Å². The molecule has 1 amide bonds. The van der Waals surface area contributed by atoms with Crippen LogP contribution in [0.3, 0.4) is 0 Å². The number of carbonyl (C=O) groups is 1. The second-order valence-electron chi connectivity index (χ2n) is 8.58. The van der Waals surface area contributed by atoms with Crippen LogP contribution in [0.1, 0.15) is 66.8 Å². The molecule has 4 rings (SSSR count). The monoisotopic (exact) mass is 357 g/mol. The van der Waals surface area contributed by atoms with Crippen LogP contribution in [-0.2, 0) is 0 Å². The van der Waals surface area contributed by atoms with E-state index in [0.29, 0.717) is 11.2 Å². The number of carbonyl (C=O) groups excluding carboxylic acids is 1. The summed E-state index contributed by atoms with van der Waals surface area (Å²) in [6.07, 6.45) is 8.52. The Balaban J connectivity index is 1.54. The second kappa shape index (κ2) is 6.80. The topological polar surface area (TPSA) is 75.4 Å². The summed E-state index contributed by atoms with van der Waals surface area (Å²) in [6, 6.07) is 0.188. The van der Waals surface area contributed by atoms with Crippen molar-refractivity contribution < 1.29 is 4.79 Å². The van der Waals surface area contributed by atoms with Gasteiger partial charge in [0.15, 0.2) is 0 Å². The van der Waals surface area contributed by atoms with E-state index in [1.807, 2.05) is 18.7 Å². The summed E-state index contributed by atoms with van der Waals surface area (Å²) in [4.78, 5) is 26.5. The van der Waals surface area contributed by atoms with E-state index in [4.69, 9.17) is 10.7 Å². The van der Waals surface area contributed by atoms with Crippen molar-refractivity contribution in [2.45, 2.75) is 64.8 Å². The molecule has 1 aromatic heterocycles. The average molecular weight is 358 g/mol. The first-order valence-corrected chi connectivity index (χ1v) is 10.1. The summed E-state index contributed by atoms with van der Waals surface area (Å²) in [5, 5.41) is 0. The van der Waals surface area contributed by atoms with Gasteiger partial charge in [0.1, 0.15) is 5.82 Å². The molecular weight excluding hydrogens is 326 g/mol. The number of anilines is 1. The maximum Gasteiger partial charge on any atom is 0.291 e. The molecule has 1 aromatic rings. The van der Waals surface area contributed by atoms with Crippen LogP contribution < -0.4 is 10.6 Å². The SMILES string of the molecule is Cc1nc(C(=O)N2CCCC3(CCC3)CC2)nc(N2CC[C@@H](N)C2)c1C. The molecule has 3 fully saturated rings. The second-order valence-corrected chi connectivity index (χ2v) is 8.58. The molecule has 1 saturated carbocycles. The third-order valence-corrected chi connectivity index (χ3v) is 6.83. The first-order chi connectivity index (χ1) is 12.5. The van der Waals surface area contributed by atoms with Gasteiger partial charge in [0.2, 0.25) is 5.82 Å². The summed E-state index contributed by atoms with van der Waals surface area (Å²) in [6.45, 7) is 7.39. The van der Waals surface area contributed by atoms with Gasteiger partial charge in [-0.15, -0.1) is 0 Å². The third kappa shape index (κ3) is 3.20. The highest BCUT2D eigenvalue weighted by Gasteiger charge is 2.39. The molecule has 3 heterocycles. The molecule has 3 aliphatic rings. The van der Waals surface area contributed by atoms with Crippen molar-refractivity contribution in [3.8, 4) is 0 Å². The van der Waals surface area contributed by atoms with Crippen LogP contribution in [0.25, 0.3) is 0 Å². The van der Waals surface area contributed by atoms with Crippen LogP contribution in [0.15, 0.2) is 0 Å². The van der Waals surface area contributed by atoms with Crippen LogP contribution in [0.2, 0.25) is 0 Å². The normalized spacial score (nSPS) is 25.3. The van der Waals surface area contributed by atoms with Gasteiger partial charge in [0.05, 0.1) is 0 Å². The van der Waals surface area contributed by atoms with Crippen molar-refractivity contribution in [2.24, 2.45) is 11.1 Å². The van der Waals surface area contributed by atoms with Crippen molar-refractivity contribution in [3.63, 3.8) is 0 Å². The summed E-state index contributed by atoms with van der Waals surface area (Å²) >= 11 is 0.